The zero-order chi connectivity index (χ0) is 15.8. The molecule has 0 spiro atoms. The van der Waals surface area contributed by atoms with Gasteiger partial charge in [0.1, 0.15) is 12.4 Å². The number of fused-ring (bicyclic) bond motifs is 1. The minimum absolute atomic E-state index is 0. The molecule has 1 heterocycles. The highest BCUT2D eigenvalue weighted by Crippen LogP contribution is 2.14. The number of aliphatic imine (C=N–C) groups is 1. The highest BCUT2D eigenvalue weighted by Gasteiger charge is 2.06. The number of ether oxygens (including phenoxy) is 1. The second-order valence-electron chi connectivity index (χ2n) is 4.89. The molecule has 0 bridgehead atoms. The Morgan fingerprint density at radius 2 is 2.04 bits per heavy atom. The summed E-state index contributed by atoms with van der Waals surface area (Å²) in [6, 6.07) is 8.12. The van der Waals surface area contributed by atoms with Crippen LogP contribution in [-0.4, -0.2) is 41.8 Å². The second kappa shape index (κ2) is 10.4. The average Bonchev–Trinajstić information content (AvgIpc) is 2.86. The second-order valence-corrected chi connectivity index (χ2v) is 4.89. The smallest absolute Gasteiger partial charge is 0.191 e. The fourth-order valence-corrected chi connectivity index (χ4v) is 2.21. The van der Waals surface area contributed by atoms with Crippen molar-refractivity contribution in [2.45, 2.75) is 20.4 Å². The summed E-state index contributed by atoms with van der Waals surface area (Å²) >= 11 is 0. The van der Waals surface area contributed by atoms with E-state index in [2.05, 4.69) is 38.2 Å². The Hall–Kier alpha value is -1.35. The predicted octanol–water partition coefficient (Wildman–Crippen LogP) is 2.28. The van der Waals surface area contributed by atoms with E-state index in [1.807, 2.05) is 32.2 Å². The Morgan fingerprint density at radius 1 is 1.26 bits per heavy atom. The molecule has 1 aromatic carbocycles. The number of nitrogens with one attached hydrogen (secondary N) is 2. The molecule has 0 saturated heterocycles. The third-order valence-corrected chi connectivity index (χ3v) is 3.35. The van der Waals surface area contributed by atoms with Gasteiger partial charge in [0.05, 0.1) is 17.6 Å². The summed E-state index contributed by atoms with van der Waals surface area (Å²) in [5, 5.41) is 6.49. The predicted molar refractivity (Wildman–Crippen MR) is 105 cm³/mol. The maximum Gasteiger partial charge on any atom is 0.191 e. The number of imidazole rings is 1. The molecule has 0 saturated carbocycles. The lowest BCUT2D eigenvalue weighted by atomic mass is 10.3. The molecule has 0 fully saturated rings. The third-order valence-electron chi connectivity index (χ3n) is 3.35. The number of rotatable bonds is 7. The minimum Gasteiger partial charge on any atom is -0.380 e. The van der Waals surface area contributed by atoms with Gasteiger partial charge in [0, 0.05) is 26.7 Å². The van der Waals surface area contributed by atoms with Gasteiger partial charge in [-0.25, -0.2) is 9.98 Å². The van der Waals surface area contributed by atoms with E-state index in [1.54, 1.807) is 0 Å². The van der Waals surface area contributed by atoms with E-state index < -0.39 is 0 Å². The van der Waals surface area contributed by atoms with E-state index in [0.717, 1.165) is 42.5 Å². The van der Waals surface area contributed by atoms with Crippen molar-refractivity contribution < 1.29 is 4.74 Å². The highest BCUT2D eigenvalue weighted by atomic mass is 127. The Morgan fingerprint density at radius 3 is 2.74 bits per heavy atom. The Bertz CT molecular complexity index is 626. The van der Waals surface area contributed by atoms with Gasteiger partial charge < -0.3 is 19.9 Å². The number of aryl methyl sites for hydroxylation is 1. The molecule has 23 heavy (non-hydrogen) atoms. The number of halogens is 1. The van der Waals surface area contributed by atoms with Gasteiger partial charge in [-0.05, 0) is 26.0 Å². The van der Waals surface area contributed by atoms with Gasteiger partial charge in [0.2, 0.25) is 0 Å². The first-order valence-electron chi connectivity index (χ1n) is 7.76. The number of para-hydroxylation sites is 2. The molecule has 1 aromatic heterocycles. The quantitative estimate of drug-likeness (QED) is 0.306. The maximum atomic E-state index is 5.32. The van der Waals surface area contributed by atoms with Crippen molar-refractivity contribution in [3.63, 3.8) is 0 Å². The van der Waals surface area contributed by atoms with Gasteiger partial charge in [-0.1, -0.05) is 12.1 Å². The van der Waals surface area contributed by atoms with Crippen molar-refractivity contribution in [2.24, 2.45) is 12.0 Å². The number of guanidine groups is 1. The molecule has 2 N–H and O–H groups in total. The molecule has 0 radical (unpaired) electrons. The summed E-state index contributed by atoms with van der Waals surface area (Å²) in [6.07, 6.45) is 0. The van der Waals surface area contributed by atoms with Crippen LogP contribution in [0.15, 0.2) is 29.3 Å². The molecular formula is C16H26IN5O. The zero-order valence-electron chi connectivity index (χ0n) is 14.0. The van der Waals surface area contributed by atoms with Crippen LogP contribution in [0.1, 0.15) is 19.7 Å². The number of nitrogens with zero attached hydrogens (tertiary/aromatic N) is 3. The van der Waals surface area contributed by atoms with Crippen LogP contribution in [0.5, 0.6) is 0 Å². The minimum atomic E-state index is 0. The summed E-state index contributed by atoms with van der Waals surface area (Å²) in [4.78, 5) is 9.22. The van der Waals surface area contributed by atoms with Crippen LogP contribution in [0.3, 0.4) is 0 Å². The summed E-state index contributed by atoms with van der Waals surface area (Å²) in [7, 11) is 2.02. The van der Waals surface area contributed by atoms with E-state index in [1.165, 1.54) is 0 Å². The van der Waals surface area contributed by atoms with Gasteiger partial charge >= 0.3 is 0 Å². The highest BCUT2D eigenvalue weighted by molar-refractivity contribution is 14.0. The summed E-state index contributed by atoms with van der Waals surface area (Å²) in [5.74, 6) is 1.73. The molecule has 6 nitrogen and oxygen atoms in total. The Kier molecular flexibility index (Phi) is 8.93. The topological polar surface area (TPSA) is 63.5 Å². The normalized spacial score (nSPS) is 11.3. The van der Waals surface area contributed by atoms with Crippen molar-refractivity contribution in [1.82, 2.24) is 20.2 Å². The standard InChI is InChI=1S/C16H25N5O.HI/c1-4-17-16(18-10-11-22-5-2)19-12-15-20-13-8-6-7-9-14(13)21(15)3;/h6-9H,4-5,10-12H2,1-3H3,(H2,17,18,19);1H. The molecule has 0 unspecified atom stereocenters. The van der Waals surface area contributed by atoms with E-state index in [4.69, 9.17) is 4.74 Å². The number of hydrogen-bond donors (Lipinski definition) is 2. The van der Waals surface area contributed by atoms with Gasteiger partial charge in [0.25, 0.3) is 0 Å². The van der Waals surface area contributed by atoms with Gasteiger partial charge in [-0.2, -0.15) is 0 Å². The van der Waals surface area contributed by atoms with E-state index in [9.17, 15) is 0 Å². The fraction of sp³-hybridized carbons (Fsp3) is 0.500. The zero-order valence-corrected chi connectivity index (χ0v) is 16.3. The number of aromatic nitrogens is 2. The Balaban J connectivity index is 0.00000264. The molecular weight excluding hydrogens is 405 g/mol. The summed E-state index contributed by atoms with van der Waals surface area (Å²) in [6.45, 7) is 7.54. The van der Waals surface area contributed by atoms with E-state index in [0.29, 0.717) is 13.2 Å². The van der Waals surface area contributed by atoms with Crippen LogP contribution in [0.25, 0.3) is 11.0 Å². The molecule has 0 aliphatic carbocycles. The molecule has 128 valence electrons. The lowest BCUT2D eigenvalue weighted by Gasteiger charge is -2.11. The molecule has 7 heteroatoms. The van der Waals surface area contributed by atoms with Gasteiger partial charge in [-0.3, -0.25) is 0 Å². The Labute approximate surface area is 154 Å². The molecule has 0 aliphatic rings. The van der Waals surface area contributed by atoms with Crippen LogP contribution >= 0.6 is 24.0 Å². The largest absolute Gasteiger partial charge is 0.380 e. The molecule has 0 atom stereocenters. The summed E-state index contributed by atoms with van der Waals surface area (Å²) in [5.41, 5.74) is 2.13. The SMILES string of the molecule is CCNC(=NCc1nc2ccccc2n1C)NCCOCC.I. The van der Waals surface area contributed by atoms with E-state index >= 15 is 0 Å². The monoisotopic (exact) mass is 431 g/mol. The van der Waals surface area contributed by atoms with Crippen LogP contribution in [0.2, 0.25) is 0 Å². The van der Waals surface area contributed by atoms with Crippen molar-refractivity contribution in [3.8, 4) is 0 Å². The van der Waals surface area contributed by atoms with Gasteiger partial charge in [0.15, 0.2) is 5.96 Å². The third kappa shape index (κ3) is 5.65. The first-order valence-corrected chi connectivity index (χ1v) is 7.76. The summed E-state index contributed by atoms with van der Waals surface area (Å²) < 4.78 is 7.41. The number of hydrogen-bond acceptors (Lipinski definition) is 3. The number of benzene rings is 1. The molecule has 2 rings (SSSR count). The molecule has 0 amide bonds. The van der Waals surface area contributed by atoms with Crippen molar-refractivity contribution >= 4 is 41.0 Å². The van der Waals surface area contributed by atoms with Crippen LogP contribution in [0, 0.1) is 0 Å². The molecule has 0 aliphatic heterocycles. The molecule has 2 aromatic rings. The van der Waals surface area contributed by atoms with E-state index in [-0.39, 0.29) is 24.0 Å². The van der Waals surface area contributed by atoms with Crippen molar-refractivity contribution in [3.05, 3.63) is 30.1 Å². The maximum absolute atomic E-state index is 5.32. The van der Waals surface area contributed by atoms with Crippen LogP contribution in [-0.2, 0) is 18.3 Å². The first kappa shape index (κ1) is 19.7. The van der Waals surface area contributed by atoms with Crippen LogP contribution < -0.4 is 10.6 Å². The van der Waals surface area contributed by atoms with Gasteiger partial charge in [-0.15, -0.1) is 24.0 Å². The first-order chi connectivity index (χ1) is 10.8. The lowest BCUT2D eigenvalue weighted by molar-refractivity contribution is 0.152. The fourth-order valence-electron chi connectivity index (χ4n) is 2.21. The van der Waals surface area contributed by atoms with Crippen molar-refractivity contribution in [2.75, 3.05) is 26.3 Å². The average molecular weight is 431 g/mol. The van der Waals surface area contributed by atoms with Crippen LogP contribution in [0.4, 0.5) is 0 Å². The lowest BCUT2D eigenvalue weighted by Crippen LogP contribution is -2.39. The van der Waals surface area contributed by atoms with Crippen molar-refractivity contribution in [1.29, 1.82) is 0 Å².